The first-order chi connectivity index (χ1) is 7.24. The quantitative estimate of drug-likeness (QED) is 0.677. The molecular weight excluding hydrogens is 212 g/mol. The molecule has 1 rings (SSSR count). The third-order valence-electron chi connectivity index (χ3n) is 2.26. The molecule has 1 heterocycles. The molecule has 84 valence electrons. The molecule has 0 bridgehead atoms. The second kappa shape index (κ2) is 6.70. The zero-order valence-electron chi connectivity index (χ0n) is 8.94. The van der Waals surface area contributed by atoms with E-state index < -0.39 is 0 Å². The average Bonchev–Trinajstić information content (AvgIpc) is 2.17. The predicted octanol–water partition coefficient (Wildman–Crippen LogP) is 0.881. The summed E-state index contributed by atoms with van der Waals surface area (Å²) in [5.74, 6) is 0.974. The van der Waals surface area contributed by atoms with Gasteiger partial charge in [0, 0.05) is 25.8 Å². The number of thioether (sulfide) groups is 1. The maximum absolute atomic E-state index is 11.5. The van der Waals surface area contributed by atoms with Crippen LogP contribution in [0.4, 0.5) is 0 Å². The lowest BCUT2D eigenvalue weighted by atomic mass is 10.3. The summed E-state index contributed by atoms with van der Waals surface area (Å²) in [6.45, 7) is 2.18. The maximum atomic E-state index is 11.5. The van der Waals surface area contributed by atoms with Crippen molar-refractivity contribution in [1.29, 1.82) is 5.26 Å². The molecule has 15 heavy (non-hydrogen) atoms. The molecule has 1 aliphatic rings. The van der Waals surface area contributed by atoms with Crippen LogP contribution in [0.5, 0.6) is 0 Å². The van der Waals surface area contributed by atoms with Crippen LogP contribution in [0.2, 0.25) is 0 Å². The van der Waals surface area contributed by atoms with Crippen LogP contribution >= 0.6 is 11.8 Å². The Morgan fingerprint density at radius 3 is 2.93 bits per heavy atom. The van der Waals surface area contributed by atoms with E-state index in [9.17, 15) is 4.79 Å². The van der Waals surface area contributed by atoms with Crippen molar-refractivity contribution in [1.82, 2.24) is 4.90 Å². The monoisotopic (exact) mass is 228 g/mol. The Morgan fingerprint density at radius 1 is 1.67 bits per heavy atom. The first-order valence-corrected chi connectivity index (χ1v) is 6.09. The fourth-order valence-corrected chi connectivity index (χ4v) is 2.17. The van der Waals surface area contributed by atoms with Gasteiger partial charge in [0.15, 0.2) is 0 Å². The number of amides is 1. The SMILES string of the molecule is CN(CCC#N)C(=O)CCSC1COC1. The topological polar surface area (TPSA) is 53.3 Å². The third-order valence-corrected chi connectivity index (χ3v) is 3.45. The molecule has 1 aliphatic heterocycles. The largest absolute Gasteiger partial charge is 0.379 e. The van der Waals surface area contributed by atoms with Gasteiger partial charge in [0.2, 0.25) is 5.91 Å². The Kier molecular flexibility index (Phi) is 5.51. The fraction of sp³-hybridized carbons (Fsp3) is 0.800. The molecule has 5 heteroatoms. The first-order valence-electron chi connectivity index (χ1n) is 5.04. The van der Waals surface area contributed by atoms with Gasteiger partial charge in [-0.05, 0) is 0 Å². The van der Waals surface area contributed by atoms with Crippen molar-refractivity contribution in [3.63, 3.8) is 0 Å². The summed E-state index contributed by atoms with van der Waals surface area (Å²) in [4.78, 5) is 13.1. The van der Waals surface area contributed by atoms with Crippen LogP contribution < -0.4 is 0 Å². The minimum absolute atomic E-state index is 0.123. The number of carbonyl (C=O) groups excluding carboxylic acids is 1. The Bertz CT molecular complexity index is 248. The van der Waals surface area contributed by atoms with E-state index in [2.05, 4.69) is 0 Å². The zero-order chi connectivity index (χ0) is 11.1. The lowest BCUT2D eigenvalue weighted by Gasteiger charge is -2.25. The van der Waals surface area contributed by atoms with Gasteiger partial charge in [-0.1, -0.05) is 0 Å². The van der Waals surface area contributed by atoms with Gasteiger partial charge in [0.05, 0.1) is 31.0 Å². The van der Waals surface area contributed by atoms with Crippen LogP contribution in [-0.2, 0) is 9.53 Å². The molecular formula is C10H16N2O2S. The number of carbonyl (C=O) groups is 1. The molecule has 0 atom stereocenters. The van der Waals surface area contributed by atoms with Gasteiger partial charge in [0.1, 0.15) is 0 Å². The van der Waals surface area contributed by atoms with Crippen LogP contribution in [0, 0.1) is 11.3 Å². The number of nitrogens with zero attached hydrogens (tertiary/aromatic N) is 2. The van der Waals surface area contributed by atoms with E-state index in [1.807, 2.05) is 6.07 Å². The Morgan fingerprint density at radius 2 is 2.40 bits per heavy atom. The number of ether oxygens (including phenoxy) is 1. The molecule has 4 nitrogen and oxygen atoms in total. The van der Waals surface area contributed by atoms with Crippen molar-refractivity contribution in [2.24, 2.45) is 0 Å². The molecule has 1 fully saturated rings. The third kappa shape index (κ3) is 4.54. The van der Waals surface area contributed by atoms with Crippen LogP contribution in [0.3, 0.4) is 0 Å². The van der Waals surface area contributed by atoms with E-state index >= 15 is 0 Å². The molecule has 0 aromatic carbocycles. The van der Waals surface area contributed by atoms with E-state index in [0.717, 1.165) is 19.0 Å². The smallest absolute Gasteiger partial charge is 0.223 e. The van der Waals surface area contributed by atoms with Crippen molar-refractivity contribution in [3.05, 3.63) is 0 Å². The van der Waals surface area contributed by atoms with Gasteiger partial charge in [-0.3, -0.25) is 4.79 Å². The molecule has 0 N–H and O–H groups in total. The van der Waals surface area contributed by atoms with E-state index in [0.29, 0.717) is 24.6 Å². The zero-order valence-corrected chi connectivity index (χ0v) is 9.76. The van der Waals surface area contributed by atoms with E-state index in [-0.39, 0.29) is 5.91 Å². The van der Waals surface area contributed by atoms with Gasteiger partial charge < -0.3 is 9.64 Å². The van der Waals surface area contributed by atoms with Gasteiger partial charge in [-0.25, -0.2) is 0 Å². The number of nitriles is 1. The predicted molar refractivity (Wildman–Crippen MR) is 59.5 cm³/mol. The molecule has 1 saturated heterocycles. The second-order valence-electron chi connectivity index (χ2n) is 3.50. The summed E-state index contributed by atoms with van der Waals surface area (Å²) in [6.07, 6.45) is 0.967. The average molecular weight is 228 g/mol. The van der Waals surface area contributed by atoms with Crippen LogP contribution in [0.1, 0.15) is 12.8 Å². The summed E-state index contributed by atoms with van der Waals surface area (Å²) >= 11 is 1.80. The highest BCUT2D eigenvalue weighted by atomic mass is 32.2. The minimum atomic E-state index is 0.123. The molecule has 0 spiro atoms. The molecule has 0 aromatic heterocycles. The van der Waals surface area contributed by atoms with Crippen molar-refractivity contribution in [3.8, 4) is 6.07 Å². The fourth-order valence-electron chi connectivity index (χ4n) is 1.16. The van der Waals surface area contributed by atoms with Gasteiger partial charge in [0.25, 0.3) is 0 Å². The lowest BCUT2D eigenvalue weighted by Crippen LogP contribution is -2.32. The minimum Gasteiger partial charge on any atom is -0.379 e. The Labute approximate surface area is 94.6 Å². The van der Waals surface area contributed by atoms with Crippen molar-refractivity contribution in [2.45, 2.75) is 18.1 Å². The molecule has 1 amide bonds. The summed E-state index contributed by atoms with van der Waals surface area (Å²) in [5.41, 5.74) is 0. The Balaban J connectivity index is 2.03. The normalized spacial score (nSPS) is 15.5. The van der Waals surface area contributed by atoms with Gasteiger partial charge >= 0.3 is 0 Å². The highest BCUT2D eigenvalue weighted by molar-refractivity contribution is 8.00. The first kappa shape index (κ1) is 12.3. The molecule has 0 aromatic rings. The summed E-state index contributed by atoms with van der Waals surface area (Å²) < 4.78 is 5.04. The van der Waals surface area contributed by atoms with E-state index in [4.69, 9.17) is 10.00 Å². The second-order valence-corrected chi connectivity index (χ2v) is 4.91. The van der Waals surface area contributed by atoms with E-state index in [1.54, 1.807) is 23.7 Å². The number of hydrogen-bond donors (Lipinski definition) is 0. The van der Waals surface area contributed by atoms with Gasteiger partial charge in [-0.15, -0.1) is 0 Å². The maximum Gasteiger partial charge on any atom is 0.223 e. The van der Waals surface area contributed by atoms with Crippen molar-refractivity contribution >= 4 is 17.7 Å². The number of rotatable bonds is 6. The molecule has 0 aliphatic carbocycles. The molecule has 0 saturated carbocycles. The van der Waals surface area contributed by atoms with E-state index in [1.165, 1.54) is 0 Å². The van der Waals surface area contributed by atoms with Crippen LogP contribution in [0.25, 0.3) is 0 Å². The lowest BCUT2D eigenvalue weighted by molar-refractivity contribution is -0.129. The number of hydrogen-bond acceptors (Lipinski definition) is 4. The standard InChI is InChI=1S/C10H16N2O2S/c1-12(5-2-4-11)10(13)3-6-15-9-7-14-8-9/h9H,2-3,5-8H2,1H3. The summed E-state index contributed by atoms with van der Waals surface area (Å²) in [6, 6.07) is 2.03. The van der Waals surface area contributed by atoms with Crippen molar-refractivity contribution in [2.75, 3.05) is 32.6 Å². The highest BCUT2D eigenvalue weighted by Crippen LogP contribution is 2.19. The van der Waals surface area contributed by atoms with Crippen molar-refractivity contribution < 1.29 is 9.53 Å². The Hall–Kier alpha value is -0.730. The van der Waals surface area contributed by atoms with Crippen LogP contribution in [0.15, 0.2) is 0 Å². The van der Waals surface area contributed by atoms with Crippen LogP contribution in [-0.4, -0.2) is 48.6 Å². The van der Waals surface area contributed by atoms with Gasteiger partial charge in [-0.2, -0.15) is 17.0 Å². The highest BCUT2D eigenvalue weighted by Gasteiger charge is 2.19. The summed E-state index contributed by atoms with van der Waals surface area (Å²) in [5, 5.41) is 8.96. The molecule has 0 unspecified atom stereocenters. The molecule has 0 radical (unpaired) electrons. The summed E-state index contributed by atoms with van der Waals surface area (Å²) in [7, 11) is 1.75.